The van der Waals surface area contributed by atoms with Gasteiger partial charge in [0, 0.05) is 22.9 Å². The van der Waals surface area contributed by atoms with Crippen molar-refractivity contribution in [3.63, 3.8) is 0 Å². The molecule has 0 amide bonds. The minimum atomic E-state index is -1.05. The molecule has 1 aliphatic rings. The van der Waals surface area contributed by atoms with E-state index in [1.807, 2.05) is 44.4 Å². The van der Waals surface area contributed by atoms with Gasteiger partial charge < -0.3 is 14.8 Å². The van der Waals surface area contributed by atoms with Crippen LogP contribution in [-0.4, -0.2) is 43.8 Å². The van der Waals surface area contributed by atoms with Crippen LogP contribution in [0.4, 0.5) is 0 Å². The summed E-state index contributed by atoms with van der Waals surface area (Å²) in [5.41, 5.74) is 2.95. The topological polar surface area (TPSA) is 64.6 Å². The predicted molar refractivity (Wildman–Crippen MR) is 133 cm³/mol. The highest BCUT2D eigenvalue weighted by Crippen LogP contribution is 2.31. The number of Topliss-reactive ketones (excluding diaryl/α,β-unsaturated/α-hetero) is 1. The van der Waals surface area contributed by atoms with Crippen LogP contribution in [0, 0.1) is 25.7 Å². The largest absolute Gasteiger partial charge is 0.476 e. The monoisotopic (exact) mass is 469 g/mol. The van der Waals surface area contributed by atoms with Crippen molar-refractivity contribution in [3.05, 3.63) is 58.7 Å². The van der Waals surface area contributed by atoms with E-state index in [4.69, 9.17) is 9.47 Å². The van der Waals surface area contributed by atoms with Gasteiger partial charge in [0.05, 0.1) is 7.11 Å². The molecule has 1 fully saturated rings. The van der Waals surface area contributed by atoms with E-state index in [0.29, 0.717) is 5.92 Å². The summed E-state index contributed by atoms with van der Waals surface area (Å²) in [6.07, 6.45) is 3.87. The third kappa shape index (κ3) is 5.98. The van der Waals surface area contributed by atoms with Crippen LogP contribution >= 0.6 is 11.8 Å². The molecule has 1 heterocycles. The van der Waals surface area contributed by atoms with Crippen molar-refractivity contribution in [2.75, 3.05) is 26.5 Å². The fraction of sp³-hybridized carbons (Fsp3) is 0.481. The van der Waals surface area contributed by atoms with Gasteiger partial charge in [-0.2, -0.15) is 0 Å². The molecule has 1 aliphatic heterocycles. The number of rotatable bonds is 9. The Morgan fingerprint density at radius 1 is 1.09 bits per heavy atom. The van der Waals surface area contributed by atoms with Crippen molar-refractivity contribution in [3.8, 4) is 5.75 Å². The Balaban J connectivity index is 1.67. The lowest BCUT2D eigenvalue weighted by molar-refractivity contribution is -0.156. The van der Waals surface area contributed by atoms with Crippen LogP contribution in [0.25, 0.3) is 0 Å². The van der Waals surface area contributed by atoms with Crippen LogP contribution in [-0.2, 0) is 16.0 Å². The second-order valence-electron chi connectivity index (χ2n) is 9.32. The second-order valence-corrected chi connectivity index (χ2v) is 10.2. The minimum absolute atomic E-state index is 0.00999. The standard InChI is InChI=1S/C27H35NO4S/c1-17-13-19(14-18(2)25(17)32-27(3,4)26(30)31-5)7-8-21-15-28-16-23(21)24(29)20-9-11-22(33-6)12-10-20/h9-14,21,23,28H,7-8,15-16H2,1-6H3/t21-,23-/m0/s1. The van der Waals surface area contributed by atoms with Crippen LogP contribution < -0.4 is 10.1 Å². The predicted octanol–water partition coefficient (Wildman–Crippen LogP) is 5.01. The summed E-state index contributed by atoms with van der Waals surface area (Å²) in [7, 11) is 1.37. The summed E-state index contributed by atoms with van der Waals surface area (Å²) in [6, 6.07) is 12.2. The van der Waals surface area contributed by atoms with Gasteiger partial charge in [-0.05, 0) is 88.1 Å². The molecule has 0 aliphatic carbocycles. The molecule has 178 valence electrons. The third-order valence-electron chi connectivity index (χ3n) is 6.41. The average Bonchev–Trinajstić information content (AvgIpc) is 3.27. The van der Waals surface area contributed by atoms with Crippen LogP contribution in [0.1, 0.15) is 47.3 Å². The molecule has 0 spiro atoms. The summed E-state index contributed by atoms with van der Waals surface area (Å²) in [5.74, 6) is 0.874. The normalized spacial score (nSPS) is 18.2. The van der Waals surface area contributed by atoms with E-state index in [9.17, 15) is 9.59 Å². The molecular weight excluding hydrogens is 434 g/mol. The quantitative estimate of drug-likeness (QED) is 0.317. The Labute approximate surface area is 201 Å². The van der Waals surface area contributed by atoms with Crippen LogP contribution in [0.15, 0.2) is 41.3 Å². The first-order valence-corrected chi connectivity index (χ1v) is 12.6. The lowest BCUT2D eigenvalue weighted by Gasteiger charge is -2.26. The van der Waals surface area contributed by atoms with Gasteiger partial charge in [-0.1, -0.05) is 24.3 Å². The molecule has 2 atom stereocenters. The first-order valence-electron chi connectivity index (χ1n) is 11.4. The van der Waals surface area contributed by atoms with Crippen molar-refractivity contribution >= 4 is 23.5 Å². The van der Waals surface area contributed by atoms with Crippen molar-refractivity contribution in [2.24, 2.45) is 11.8 Å². The summed E-state index contributed by atoms with van der Waals surface area (Å²) in [4.78, 5) is 26.3. The number of carbonyl (C=O) groups is 2. The van der Waals surface area contributed by atoms with E-state index in [0.717, 1.165) is 48.4 Å². The number of ketones is 1. The first-order chi connectivity index (χ1) is 15.7. The maximum atomic E-state index is 13.1. The Morgan fingerprint density at radius 2 is 1.73 bits per heavy atom. The fourth-order valence-corrected chi connectivity index (χ4v) is 4.96. The van der Waals surface area contributed by atoms with E-state index in [-0.39, 0.29) is 11.7 Å². The van der Waals surface area contributed by atoms with Gasteiger partial charge in [0.25, 0.3) is 0 Å². The van der Waals surface area contributed by atoms with Crippen LogP contribution in [0.2, 0.25) is 0 Å². The number of hydrogen-bond donors (Lipinski definition) is 1. The SMILES string of the molecule is COC(=O)C(C)(C)Oc1c(C)cc(CC[C@H]2CNC[C@@H]2C(=O)c2ccc(SC)cc2)cc1C. The number of hydrogen-bond acceptors (Lipinski definition) is 6. The van der Waals surface area contributed by atoms with Gasteiger partial charge in [0.2, 0.25) is 0 Å². The molecule has 0 bridgehead atoms. The van der Waals surface area contributed by atoms with E-state index in [1.54, 1.807) is 25.6 Å². The first kappa shape index (κ1) is 25.3. The van der Waals surface area contributed by atoms with E-state index >= 15 is 0 Å². The zero-order valence-electron chi connectivity index (χ0n) is 20.5. The van der Waals surface area contributed by atoms with Crippen molar-refractivity contribution in [2.45, 2.75) is 51.0 Å². The number of ether oxygens (including phenoxy) is 2. The maximum absolute atomic E-state index is 13.1. The van der Waals surface area contributed by atoms with Crippen LogP contribution in [0.3, 0.4) is 0 Å². The number of methoxy groups -OCH3 is 1. The number of esters is 1. The molecule has 33 heavy (non-hydrogen) atoms. The van der Waals surface area contributed by atoms with E-state index < -0.39 is 11.6 Å². The zero-order valence-corrected chi connectivity index (χ0v) is 21.3. The number of aryl methyl sites for hydroxylation is 3. The van der Waals surface area contributed by atoms with Gasteiger partial charge in [-0.25, -0.2) is 4.79 Å². The number of carbonyl (C=O) groups excluding carboxylic acids is 2. The summed E-state index contributed by atoms with van der Waals surface area (Å²) in [5, 5.41) is 3.42. The number of thioether (sulfide) groups is 1. The van der Waals surface area contributed by atoms with Crippen LogP contribution in [0.5, 0.6) is 5.75 Å². The third-order valence-corrected chi connectivity index (χ3v) is 7.15. The molecule has 0 aromatic heterocycles. The van der Waals surface area contributed by atoms with Gasteiger partial charge >= 0.3 is 5.97 Å². The fourth-order valence-electron chi connectivity index (χ4n) is 4.55. The molecule has 3 rings (SSSR count). The maximum Gasteiger partial charge on any atom is 0.349 e. The molecule has 2 aromatic carbocycles. The Hall–Kier alpha value is -2.31. The molecule has 1 N–H and O–H groups in total. The average molecular weight is 470 g/mol. The lowest BCUT2D eigenvalue weighted by atomic mass is 9.84. The molecular formula is C27H35NO4S. The van der Waals surface area contributed by atoms with Crippen molar-refractivity contribution in [1.29, 1.82) is 0 Å². The van der Waals surface area contributed by atoms with Gasteiger partial charge in [-0.15, -0.1) is 11.8 Å². The second kappa shape index (κ2) is 10.7. The highest BCUT2D eigenvalue weighted by molar-refractivity contribution is 7.98. The summed E-state index contributed by atoms with van der Waals surface area (Å²) < 4.78 is 10.9. The van der Waals surface area contributed by atoms with E-state index in [1.165, 1.54) is 17.6 Å². The van der Waals surface area contributed by atoms with E-state index in [2.05, 4.69) is 17.4 Å². The van der Waals surface area contributed by atoms with Gasteiger partial charge in [0.15, 0.2) is 11.4 Å². The molecule has 0 saturated carbocycles. The van der Waals surface area contributed by atoms with Gasteiger partial charge in [0.1, 0.15) is 5.75 Å². The number of nitrogens with one attached hydrogen (secondary N) is 1. The van der Waals surface area contributed by atoms with Gasteiger partial charge in [-0.3, -0.25) is 4.79 Å². The zero-order chi connectivity index (χ0) is 24.2. The molecule has 5 nitrogen and oxygen atoms in total. The van der Waals surface area contributed by atoms with Crippen molar-refractivity contribution < 1.29 is 19.1 Å². The molecule has 1 saturated heterocycles. The Morgan fingerprint density at radius 3 is 2.30 bits per heavy atom. The highest BCUT2D eigenvalue weighted by Gasteiger charge is 2.34. The molecule has 0 unspecified atom stereocenters. The Kier molecular flexibility index (Phi) is 8.24. The molecule has 6 heteroatoms. The summed E-state index contributed by atoms with van der Waals surface area (Å²) >= 11 is 1.68. The smallest absolute Gasteiger partial charge is 0.349 e. The number of benzene rings is 2. The molecule has 2 aromatic rings. The Bertz CT molecular complexity index is 977. The minimum Gasteiger partial charge on any atom is -0.476 e. The van der Waals surface area contributed by atoms with Crippen molar-refractivity contribution in [1.82, 2.24) is 5.32 Å². The lowest BCUT2D eigenvalue weighted by Crippen LogP contribution is -2.39. The highest BCUT2D eigenvalue weighted by atomic mass is 32.2. The molecule has 0 radical (unpaired) electrons. The summed E-state index contributed by atoms with van der Waals surface area (Å²) in [6.45, 7) is 9.03.